The molecule has 2 aliphatic rings. The Labute approximate surface area is 146 Å². The predicted octanol–water partition coefficient (Wildman–Crippen LogP) is 2.47. The molecule has 136 valence electrons. The molecule has 1 saturated heterocycles. The van der Waals surface area contributed by atoms with Crippen LogP contribution in [0.5, 0.6) is 5.75 Å². The smallest absolute Gasteiger partial charge is 0.328 e. The summed E-state index contributed by atoms with van der Waals surface area (Å²) in [6, 6.07) is 5.24. The molecule has 0 aromatic heterocycles. The zero-order valence-electron chi connectivity index (χ0n) is 14.2. The Balaban J connectivity index is 1.68. The minimum Gasteiger partial charge on any atom is -0.485 e. The molecule has 2 amide bonds. The topological polar surface area (TPSA) is 67.9 Å². The van der Waals surface area contributed by atoms with Gasteiger partial charge in [0.25, 0.3) is 0 Å². The maximum atomic E-state index is 13.8. The number of esters is 1. The van der Waals surface area contributed by atoms with E-state index in [1.165, 1.54) is 24.1 Å². The fourth-order valence-corrected chi connectivity index (χ4v) is 3.51. The maximum absolute atomic E-state index is 13.8. The SMILES string of the molecule is COC(=O)C1CC(Oc2ccccc2F)CN1C(=O)NC1CCCC1. The lowest BCUT2D eigenvalue weighted by molar-refractivity contribution is -0.145. The van der Waals surface area contributed by atoms with Crippen molar-refractivity contribution in [1.29, 1.82) is 0 Å². The van der Waals surface area contributed by atoms with Gasteiger partial charge in [-0.15, -0.1) is 0 Å². The fraction of sp³-hybridized carbons (Fsp3) is 0.556. The average molecular weight is 350 g/mol. The van der Waals surface area contributed by atoms with Crippen molar-refractivity contribution in [3.05, 3.63) is 30.1 Å². The largest absolute Gasteiger partial charge is 0.485 e. The molecule has 7 heteroatoms. The normalized spacial score (nSPS) is 23.5. The van der Waals surface area contributed by atoms with Gasteiger partial charge in [0.2, 0.25) is 0 Å². The number of urea groups is 1. The van der Waals surface area contributed by atoms with Crippen molar-refractivity contribution in [3.63, 3.8) is 0 Å². The predicted molar refractivity (Wildman–Crippen MR) is 88.7 cm³/mol. The van der Waals surface area contributed by atoms with Gasteiger partial charge in [-0.1, -0.05) is 25.0 Å². The van der Waals surface area contributed by atoms with Crippen LogP contribution in [0.2, 0.25) is 0 Å². The Bertz CT molecular complexity index is 633. The number of halogens is 1. The van der Waals surface area contributed by atoms with Gasteiger partial charge in [-0.3, -0.25) is 0 Å². The van der Waals surface area contributed by atoms with Crippen LogP contribution in [-0.4, -0.2) is 48.7 Å². The first kappa shape index (κ1) is 17.5. The number of hydrogen-bond acceptors (Lipinski definition) is 4. The van der Waals surface area contributed by atoms with Crippen molar-refractivity contribution in [3.8, 4) is 5.75 Å². The van der Waals surface area contributed by atoms with Crippen LogP contribution >= 0.6 is 0 Å². The number of amides is 2. The molecular weight excluding hydrogens is 327 g/mol. The van der Waals surface area contributed by atoms with Gasteiger partial charge >= 0.3 is 12.0 Å². The summed E-state index contributed by atoms with van der Waals surface area (Å²) in [5, 5.41) is 2.98. The third-order valence-electron chi connectivity index (χ3n) is 4.81. The van der Waals surface area contributed by atoms with Gasteiger partial charge < -0.3 is 19.7 Å². The van der Waals surface area contributed by atoms with E-state index < -0.39 is 23.9 Å². The quantitative estimate of drug-likeness (QED) is 0.847. The van der Waals surface area contributed by atoms with Gasteiger partial charge in [0.1, 0.15) is 12.1 Å². The number of likely N-dealkylation sites (tertiary alicyclic amines) is 1. The minimum absolute atomic E-state index is 0.120. The number of rotatable bonds is 4. The molecule has 0 radical (unpaired) electrons. The summed E-state index contributed by atoms with van der Waals surface area (Å²) >= 11 is 0. The molecule has 3 rings (SSSR count). The molecule has 6 nitrogen and oxygen atoms in total. The number of benzene rings is 1. The second-order valence-electron chi connectivity index (χ2n) is 6.53. The molecule has 1 N–H and O–H groups in total. The number of ether oxygens (including phenoxy) is 2. The van der Waals surface area contributed by atoms with Gasteiger partial charge in [0.05, 0.1) is 13.7 Å². The highest BCUT2D eigenvalue weighted by Gasteiger charge is 2.42. The van der Waals surface area contributed by atoms with Gasteiger partial charge in [0.15, 0.2) is 11.6 Å². The highest BCUT2D eigenvalue weighted by molar-refractivity contribution is 5.84. The van der Waals surface area contributed by atoms with Gasteiger partial charge in [0, 0.05) is 12.5 Å². The van der Waals surface area contributed by atoms with Crippen LogP contribution in [0.3, 0.4) is 0 Å². The molecule has 1 aliphatic carbocycles. The molecule has 1 aromatic carbocycles. The second kappa shape index (κ2) is 7.72. The lowest BCUT2D eigenvalue weighted by Crippen LogP contribution is -2.49. The molecular formula is C18H23FN2O4. The van der Waals surface area contributed by atoms with Gasteiger partial charge in [-0.25, -0.2) is 14.0 Å². The third kappa shape index (κ3) is 4.03. The highest BCUT2D eigenvalue weighted by Crippen LogP contribution is 2.26. The summed E-state index contributed by atoms with van der Waals surface area (Å²) in [5.41, 5.74) is 0. The van der Waals surface area contributed by atoms with E-state index in [4.69, 9.17) is 9.47 Å². The average Bonchev–Trinajstić information content (AvgIpc) is 3.26. The summed E-state index contributed by atoms with van der Waals surface area (Å²) in [5.74, 6) is -0.832. The van der Waals surface area contributed by atoms with E-state index in [1.54, 1.807) is 12.1 Å². The first-order valence-electron chi connectivity index (χ1n) is 8.64. The molecule has 1 aromatic rings. The fourth-order valence-electron chi connectivity index (χ4n) is 3.51. The van der Waals surface area contributed by atoms with Gasteiger partial charge in [-0.05, 0) is 25.0 Å². The molecule has 1 aliphatic heterocycles. The van der Waals surface area contributed by atoms with E-state index in [9.17, 15) is 14.0 Å². The summed E-state index contributed by atoms with van der Waals surface area (Å²) in [7, 11) is 1.29. The Morgan fingerprint density at radius 1 is 1.24 bits per heavy atom. The molecule has 2 fully saturated rings. The second-order valence-corrected chi connectivity index (χ2v) is 6.53. The molecule has 0 spiro atoms. The summed E-state index contributed by atoms with van der Waals surface area (Å²) in [6.45, 7) is 0.215. The minimum atomic E-state index is -0.719. The van der Waals surface area contributed by atoms with E-state index in [2.05, 4.69) is 5.32 Å². The van der Waals surface area contributed by atoms with E-state index in [1.807, 2.05) is 0 Å². The standard InChI is InChI=1S/C18H23FN2O4/c1-24-17(22)15-10-13(25-16-9-5-4-8-14(16)19)11-21(15)18(23)20-12-6-2-3-7-12/h4-5,8-9,12-13,15H,2-3,6-7,10-11H2,1H3,(H,20,23). The molecule has 25 heavy (non-hydrogen) atoms. The van der Waals surface area contributed by atoms with Crippen molar-refractivity contribution < 1.29 is 23.5 Å². The van der Waals surface area contributed by atoms with E-state index in [0.29, 0.717) is 0 Å². The lowest BCUT2D eigenvalue weighted by atomic mass is 10.2. The Hall–Kier alpha value is -2.31. The van der Waals surface area contributed by atoms with Crippen LogP contribution in [0.4, 0.5) is 9.18 Å². The number of hydrogen-bond donors (Lipinski definition) is 1. The van der Waals surface area contributed by atoms with Crippen LogP contribution in [0.1, 0.15) is 32.1 Å². The van der Waals surface area contributed by atoms with Crippen molar-refractivity contribution in [2.24, 2.45) is 0 Å². The molecule has 0 bridgehead atoms. The number of carbonyl (C=O) groups excluding carboxylic acids is 2. The monoisotopic (exact) mass is 350 g/mol. The third-order valence-corrected chi connectivity index (χ3v) is 4.81. The number of nitrogens with zero attached hydrogens (tertiary/aromatic N) is 1. The van der Waals surface area contributed by atoms with Crippen LogP contribution in [0.15, 0.2) is 24.3 Å². The van der Waals surface area contributed by atoms with Gasteiger partial charge in [-0.2, -0.15) is 0 Å². The molecule has 2 unspecified atom stereocenters. The number of nitrogens with one attached hydrogen (secondary N) is 1. The van der Waals surface area contributed by atoms with E-state index in [0.717, 1.165) is 25.7 Å². The van der Waals surface area contributed by atoms with Crippen LogP contribution in [-0.2, 0) is 9.53 Å². The van der Waals surface area contributed by atoms with E-state index in [-0.39, 0.29) is 30.8 Å². The van der Waals surface area contributed by atoms with Crippen molar-refractivity contribution in [2.45, 2.75) is 50.3 Å². The van der Waals surface area contributed by atoms with Crippen LogP contribution in [0, 0.1) is 5.82 Å². The first-order chi connectivity index (χ1) is 12.1. The number of methoxy groups -OCH3 is 1. The molecule has 1 saturated carbocycles. The number of para-hydroxylation sites is 1. The van der Waals surface area contributed by atoms with Crippen molar-refractivity contribution in [1.82, 2.24) is 10.2 Å². The summed E-state index contributed by atoms with van der Waals surface area (Å²) in [4.78, 5) is 26.1. The van der Waals surface area contributed by atoms with E-state index >= 15 is 0 Å². The summed E-state index contributed by atoms with van der Waals surface area (Å²) < 4.78 is 24.3. The zero-order valence-corrected chi connectivity index (χ0v) is 14.2. The first-order valence-corrected chi connectivity index (χ1v) is 8.64. The Morgan fingerprint density at radius 2 is 1.96 bits per heavy atom. The Kier molecular flexibility index (Phi) is 5.40. The highest BCUT2D eigenvalue weighted by atomic mass is 19.1. The van der Waals surface area contributed by atoms with Crippen molar-refractivity contribution >= 4 is 12.0 Å². The van der Waals surface area contributed by atoms with Crippen LogP contribution in [0.25, 0.3) is 0 Å². The van der Waals surface area contributed by atoms with Crippen molar-refractivity contribution in [2.75, 3.05) is 13.7 Å². The number of carbonyl (C=O) groups is 2. The Morgan fingerprint density at radius 3 is 2.64 bits per heavy atom. The molecule has 1 heterocycles. The zero-order chi connectivity index (χ0) is 17.8. The van der Waals surface area contributed by atoms with Crippen LogP contribution < -0.4 is 10.1 Å². The molecule has 2 atom stereocenters. The lowest BCUT2D eigenvalue weighted by Gasteiger charge is -2.24. The maximum Gasteiger partial charge on any atom is 0.328 e. The summed E-state index contributed by atoms with van der Waals surface area (Å²) in [6.07, 6.45) is 3.93.